The molecule has 2 amide bonds. The lowest BCUT2D eigenvalue weighted by molar-refractivity contribution is -0.141. The zero-order chi connectivity index (χ0) is 17.1. The van der Waals surface area contributed by atoms with Crippen molar-refractivity contribution in [1.29, 1.82) is 0 Å². The van der Waals surface area contributed by atoms with E-state index >= 15 is 0 Å². The Morgan fingerprint density at radius 2 is 1.75 bits per heavy atom. The van der Waals surface area contributed by atoms with Crippen LogP contribution in [-0.2, 0) is 9.59 Å². The van der Waals surface area contributed by atoms with Crippen LogP contribution in [0.5, 0.6) is 0 Å². The van der Waals surface area contributed by atoms with Crippen molar-refractivity contribution in [3.63, 3.8) is 0 Å². The minimum absolute atomic E-state index is 0.0990. The van der Waals surface area contributed by atoms with E-state index in [9.17, 15) is 9.59 Å². The number of rotatable bonds is 3. The number of hydrogen-bond acceptors (Lipinski definition) is 4. The van der Waals surface area contributed by atoms with Crippen LogP contribution in [0.25, 0.3) is 0 Å². The van der Waals surface area contributed by atoms with Gasteiger partial charge in [0.2, 0.25) is 11.8 Å². The molecular formula is C18H27N3O2S. The molecule has 2 saturated heterocycles. The van der Waals surface area contributed by atoms with Gasteiger partial charge in [-0.25, -0.2) is 0 Å². The van der Waals surface area contributed by atoms with Gasteiger partial charge >= 0.3 is 0 Å². The summed E-state index contributed by atoms with van der Waals surface area (Å²) in [4.78, 5) is 31.9. The summed E-state index contributed by atoms with van der Waals surface area (Å²) in [7, 11) is 0. The first-order valence-electron chi connectivity index (χ1n) is 8.88. The molecule has 2 aliphatic rings. The monoisotopic (exact) mass is 349 g/mol. The Morgan fingerprint density at radius 1 is 1.08 bits per heavy atom. The predicted octanol–water partition coefficient (Wildman–Crippen LogP) is 2.21. The first-order chi connectivity index (χ1) is 11.6. The van der Waals surface area contributed by atoms with Crippen LogP contribution in [0.2, 0.25) is 0 Å². The van der Waals surface area contributed by atoms with Crippen molar-refractivity contribution in [2.75, 3.05) is 39.3 Å². The largest absolute Gasteiger partial charge is 0.343 e. The Hall–Kier alpha value is -1.40. The number of piperazine rings is 1. The van der Waals surface area contributed by atoms with Crippen LogP contribution in [0, 0.1) is 5.92 Å². The quantitative estimate of drug-likeness (QED) is 0.840. The summed E-state index contributed by atoms with van der Waals surface area (Å²) in [6, 6.07) is 4.72. The van der Waals surface area contributed by atoms with E-state index in [0.717, 1.165) is 52.1 Å². The van der Waals surface area contributed by atoms with Crippen molar-refractivity contribution in [2.24, 2.45) is 5.92 Å². The van der Waals surface area contributed by atoms with Crippen molar-refractivity contribution < 1.29 is 9.59 Å². The summed E-state index contributed by atoms with van der Waals surface area (Å²) in [6.07, 6.45) is 1.62. The number of amides is 2. The third-order valence-electron chi connectivity index (χ3n) is 5.42. The second kappa shape index (κ2) is 7.66. The van der Waals surface area contributed by atoms with Crippen molar-refractivity contribution >= 4 is 23.2 Å². The molecule has 0 spiro atoms. The van der Waals surface area contributed by atoms with Crippen LogP contribution in [0.15, 0.2) is 17.5 Å². The van der Waals surface area contributed by atoms with E-state index in [1.807, 2.05) is 9.80 Å². The molecule has 132 valence electrons. The second-order valence-corrected chi connectivity index (χ2v) is 7.81. The van der Waals surface area contributed by atoms with Gasteiger partial charge in [-0.1, -0.05) is 6.07 Å². The molecule has 24 heavy (non-hydrogen) atoms. The fourth-order valence-corrected chi connectivity index (χ4v) is 4.56. The van der Waals surface area contributed by atoms with Gasteiger partial charge in [0, 0.05) is 63.0 Å². The molecular weight excluding hydrogens is 322 g/mol. The van der Waals surface area contributed by atoms with Crippen LogP contribution in [-0.4, -0.2) is 65.8 Å². The number of thiophene rings is 1. The van der Waals surface area contributed by atoms with Gasteiger partial charge in [0.15, 0.2) is 0 Å². The van der Waals surface area contributed by atoms with Gasteiger partial charge < -0.3 is 9.80 Å². The van der Waals surface area contributed by atoms with E-state index in [0.29, 0.717) is 11.9 Å². The molecule has 6 heteroatoms. The number of piperidine rings is 1. The molecule has 2 fully saturated rings. The number of hydrogen-bond donors (Lipinski definition) is 0. The Balaban J connectivity index is 1.48. The zero-order valence-corrected chi connectivity index (χ0v) is 15.4. The molecule has 0 aromatic carbocycles. The van der Waals surface area contributed by atoms with Gasteiger partial charge in [-0.05, 0) is 31.2 Å². The molecule has 1 unspecified atom stereocenters. The van der Waals surface area contributed by atoms with E-state index in [1.165, 1.54) is 4.88 Å². The number of nitrogens with zero attached hydrogens (tertiary/aromatic N) is 3. The topological polar surface area (TPSA) is 43.9 Å². The van der Waals surface area contributed by atoms with Crippen LogP contribution < -0.4 is 0 Å². The first kappa shape index (κ1) is 17.4. The van der Waals surface area contributed by atoms with E-state index in [-0.39, 0.29) is 11.8 Å². The molecule has 0 N–H and O–H groups in total. The van der Waals surface area contributed by atoms with Crippen LogP contribution in [0.1, 0.15) is 37.6 Å². The van der Waals surface area contributed by atoms with Crippen LogP contribution in [0.3, 0.4) is 0 Å². The van der Waals surface area contributed by atoms with Gasteiger partial charge in [0.1, 0.15) is 0 Å². The van der Waals surface area contributed by atoms with Crippen molar-refractivity contribution in [1.82, 2.24) is 14.7 Å². The molecule has 1 aromatic rings. The SMILES string of the molecule is CC(=O)N1CCC(C(=O)N2CCN(C(C)c3cccs3)CC2)CC1. The van der Waals surface area contributed by atoms with Crippen molar-refractivity contribution in [3.8, 4) is 0 Å². The van der Waals surface area contributed by atoms with Crippen LogP contribution in [0.4, 0.5) is 0 Å². The highest BCUT2D eigenvalue weighted by Gasteiger charge is 2.31. The maximum atomic E-state index is 12.7. The lowest BCUT2D eigenvalue weighted by atomic mass is 9.95. The van der Waals surface area contributed by atoms with Gasteiger partial charge in [-0.3, -0.25) is 14.5 Å². The van der Waals surface area contributed by atoms with E-state index in [1.54, 1.807) is 18.3 Å². The molecule has 0 saturated carbocycles. The van der Waals surface area contributed by atoms with Crippen molar-refractivity contribution in [2.45, 2.75) is 32.7 Å². The average Bonchev–Trinajstić information content (AvgIpc) is 3.15. The van der Waals surface area contributed by atoms with E-state index < -0.39 is 0 Å². The highest BCUT2D eigenvalue weighted by Crippen LogP contribution is 2.26. The Kier molecular flexibility index (Phi) is 5.56. The molecule has 1 atom stereocenters. The summed E-state index contributed by atoms with van der Waals surface area (Å²) in [5, 5.41) is 2.12. The highest BCUT2D eigenvalue weighted by atomic mass is 32.1. The maximum Gasteiger partial charge on any atom is 0.225 e. The number of likely N-dealkylation sites (tertiary alicyclic amines) is 1. The lowest BCUT2D eigenvalue weighted by Crippen LogP contribution is -2.52. The minimum atomic E-state index is 0.0990. The molecule has 0 aliphatic carbocycles. The Bertz CT molecular complexity index is 559. The molecule has 5 nitrogen and oxygen atoms in total. The Labute approximate surface area is 148 Å². The summed E-state index contributed by atoms with van der Waals surface area (Å²) in [5.74, 6) is 0.514. The highest BCUT2D eigenvalue weighted by molar-refractivity contribution is 7.10. The predicted molar refractivity (Wildman–Crippen MR) is 95.9 cm³/mol. The van der Waals surface area contributed by atoms with Crippen LogP contribution >= 0.6 is 11.3 Å². The van der Waals surface area contributed by atoms with E-state index in [2.05, 4.69) is 29.3 Å². The zero-order valence-electron chi connectivity index (χ0n) is 14.6. The summed E-state index contributed by atoms with van der Waals surface area (Å²) in [5.41, 5.74) is 0. The van der Waals surface area contributed by atoms with Gasteiger partial charge in [-0.15, -0.1) is 11.3 Å². The molecule has 1 aromatic heterocycles. The second-order valence-electron chi connectivity index (χ2n) is 6.83. The van der Waals surface area contributed by atoms with Gasteiger partial charge in [0.05, 0.1) is 0 Å². The fraction of sp³-hybridized carbons (Fsp3) is 0.667. The third kappa shape index (κ3) is 3.81. The smallest absolute Gasteiger partial charge is 0.225 e. The Morgan fingerprint density at radius 3 is 2.29 bits per heavy atom. The summed E-state index contributed by atoms with van der Waals surface area (Å²) in [6.45, 7) is 8.83. The summed E-state index contributed by atoms with van der Waals surface area (Å²) < 4.78 is 0. The van der Waals surface area contributed by atoms with Gasteiger partial charge in [0.25, 0.3) is 0 Å². The standard InChI is InChI=1S/C18H27N3O2S/c1-14(17-4-3-13-24-17)19-9-11-21(12-10-19)18(23)16-5-7-20(8-6-16)15(2)22/h3-4,13-14,16H,5-12H2,1-2H3. The number of carbonyl (C=O) groups is 2. The van der Waals surface area contributed by atoms with Crippen molar-refractivity contribution in [3.05, 3.63) is 22.4 Å². The number of carbonyl (C=O) groups excluding carboxylic acids is 2. The summed E-state index contributed by atoms with van der Waals surface area (Å²) >= 11 is 1.80. The molecule has 2 aliphatic heterocycles. The molecule has 0 radical (unpaired) electrons. The normalized spacial score (nSPS) is 21.8. The average molecular weight is 350 g/mol. The minimum Gasteiger partial charge on any atom is -0.343 e. The first-order valence-corrected chi connectivity index (χ1v) is 9.76. The lowest BCUT2D eigenvalue weighted by Gasteiger charge is -2.40. The molecule has 0 bridgehead atoms. The van der Waals surface area contributed by atoms with E-state index in [4.69, 9.17) is 0 Å². The molecule has 3 heterocycles. The maximum absolute atomic E-state index is 12.7. The van der Waals surface area contributed by atoms with Gasteiger partial charge in [-0.2, -0.15) is 0 Å². The third-order valence-corrected chi connectivity index (χ3v) is 6.46. The fourth-order valence-electron chi connectivity index (χ4n) is 3.74. The molecule has 3 rings (SSSR count).